The van der Waals surface area contributed by atoms with Crippen LogP contribution in [-0.4, -0.2) is 46.0 Å². The minimum Gasteiger partial charge on any atom is -0.379 e. The van der Waals surface area contributed by atoms with E-state index in [1.165, 1.54) is 4.68 Å². The van der Waals surface area contributed by atoms with Gasteiger partial charge in [0.2, 0.25) is 0 Å². The maximum absolute atomic E-state index is 13.4. The van der Waals surface area contributed by atoms with E-state index in [-0.39, 0.29) is 11.7 Å². The average molecular weight is 406 g/mol. The third kappa shape index (κ3) is 3.49. The van der Waals surface area contributed by atoms with Gasteiger partial charge in [0.25, 0.3) is 5.56 Å². The van der Waals surface area contributed by atoms with Crippen LogP contribution in [0.2, 0.25) is 0 Å². The van der Waals surface area contributed by atoms with Gasteiger partial charge >= 0.3 is 0 Å². The molecule has 1 saturated heterocycles. The number of fused-ring (bicyclic) bond motifs is 1. The monoisotopic (exact) mass is 406 g/mol. The topological polar surface area (TPSA) is 78.7 Å². The second-order valence-corrected chi connectivity index (χ2v) is 7.35. The second-order valence-electron chi connectivity index (χ2n) is 7.35. The summed E-state index contributed by atoms with van der Waals surface area (Å²) in [5.41, 5.74) is 2.56. The first-order valence-corrected chi connectivity index (χ1v) is 10.0. The van der Waals surface area contributed by atoms with Gasteiger partial charge in [-0.3, -0.25) is 9.69 Å². The summed E-state index contributed by atoms with van der Waals surface area (Å²) < 4.78 is 6.99. The van der Waals surface area contributed by atoms with Gasteiger partial charge in [-0.05, 0) is 13.0 Å². The highest BCUT2D eigenvalue weighted by Gasteiger charge is 2.24. The molecule has 0 N–H and O–H groups in total. The van der Waals surface area contributed by atoms with E-state index in [4.69, 9.17) is 14.5 Å². The SMILES string of the molecule is CC(N1CCOCC1)n1nc(-c2ccccc2)nc(-c2ccc3c(c2)OOC3)c1=O. The van der Waals surface area contributed by atoms with Gasteiger partial charge in [0.1, 0.15) is 18.5 Å². The molecule has 0 radical (unpaired) electrons. The Morgan fingerprint density at radius 2 is 1.83 bits per heavy atom. The van der Waals surface area contributed by atoms with Crippen molar-refractivity contribution >= 4 is 0 Å². The summed E-state index contributed by atoms with van der Waals surface area (Å²) in [6.07, 6.45) is -0.223. The van der Waals surface area contributed by atoms with Crippen LogP contribution in [-0.2, 0) is 16.2 Å². The molecule has 8 nitrogen and oxygen atoms in total. The van der Waals surface area contributed by atoms with Gasteiger partial charge in [-0.1, -0.05) is 42.5 Å². The van der Waals surface area contributed by atoms with Crippen LogP contribution in [0, 0.1) is 0 Å². The van der Waals surface area contributed by atoms with E-state index in [1.54, 1.807) is 6.07 Å². The Hall–Kier alpha value is -3.07. The summed E-state index contributed by atoms with van der Waals surface area (Å²) in [6.45, 7) is 5.16. The minimum absolute atomic E-state index is 0.223. The maximum atomic E-state index is 13.4. The van der Waals surface area contributed by atoms with Crippen LogP contribution < -0.4 is 10.4 Å². The number of hydrogen-bond acceptors (Lipinski definition) is 7. The zero-order valence-electron chi connectivity index (χ0n) is 16.7. The molecular weight excluding hydrogens is 384 g/mol. The number of rotatable bonds is 4. The zero-order valence-corrected chi connectivity index (χ0v) is 16.7. The Bertz CT molecular complexity index is 1110. The lowest BCUT2D eigenvalue weighted by atomic mass is 10.1. The second kappa shape index (κ2) is 7.98. The van der Waals surface area contributed by atoms with Crippen molar-refractivity contribution in [2.75, 3.05) is 26.3 Å². The molecule has 3 heterocycles. The molecule has 1 atom stereocenters. The molecule has 0 aliphatic carbocycles. The van der Waals surface area contributed by atoms with Crippen LogP contribution in [0.1, 0.15) is 18.7 Å². The lowest BCUT2D eigenvalue weighted by Gasteiger charge is -2.32. The number of nitrogens with zero attached hydrogens (tertiary/aromatic N) is 4. The van der Waals surface area contributed by atoms with Crippen molar-refractivity contribution in [2.45, 2.75) is 19.7 Å². The quantitative estimate of drug-likeness (QED) is 0.617. The minimum atomic E-state index is -0.243. The van der Waals surface area contributed by atoms with Gasteiger partial charge in [0.15, 0.2) is 11.6 Å². The fraction of sp³-hybridized carbons (Fsp3) is 0.318. The number of aromatic nitrogens is 3. The number of hydrogen-bond donors (Lipinski definition) is 0. The van der Waals surface area contributed by atoms with Crippen molar-refractivity contribution in [2.24, 2.45) is 0 Å². The van der Waals surface area contributed by atoms with Gasteiger partial charge in [-0.2, -0.15) is 4.89 Å². The Balaban J connectivity index is 1.65. The van der Waals surface area contributed by atoms with Crippen LogP contribution in [0.4, 0.5) is 0 Å². The molecule has 5 rings (SSSR count). The molecule has 154 valence electrons. The molecule has 30 heavy (non-hydrogen) atoms. The molecule has 1 aromatic heterocycles. The molecule has 2 aliphatic heterocycles. The Morgan fingerprint density at radius 1 is 1.03 bits per heavy atom. The third-order valence-electron chi connectivity index (χ3n) is 5.49. The first kappa shape index (κ1) is 18.9. The maximum Gasteiger partial charge on any atom is 0.294 e. The fourth-order valence-corrected chi connectivity index (χ4v) is 3.74. The van der Waals surface area contributed by atoms with E-state index >= 15 is 0 Å². The van der Waals surface area contributed by atoms with Crippen LogP contribution >= 0.6 is 0 Å². The first-order valence-electron chi connectivity index (χ1n) is 10.0. The van der Waals surface area contributed by atoms with E-state index in [2.05, 4.69) is 15.0 Å². The van der Waals surface area contributed by atoms with E-state index in [0.29, 0.717) is 42.7 Å². The molecule has 2 aliphatic rings. The van der Waals surface area contributed by atoms with Crippen LogP contribution in [0.15, 0.2) is 53.3 Å². The predicted octanol–water partition coefficient (Wildman–Crippen LogP) is 2.65. The van der Waals surface area contributed by atoms with E-state index in [0.717, 1.165) is 24.2 Å². The third-order valence-corrected chi connectivity index (χ3v) is 5.49. The molecule has 2 aromatic carbocycles. The highest BCUT2D eigenvalue weighted by atomic mass is 17.2. The summed E-state index contributed by atoms with van der Waals surface area (Å²) in [5.74, 6) is 1.11. The largest absolute Gasteiger partial charge is 0.379 e. The summed E-state index contributed by atoms with van der Waals surface area (Å²) >= 11 is 0. The van der Waals surface area contributed by atoms with Crippen molar-refractivity contribution < 1.29 is 14.5 Å². The van der Waals surface area contributed by atoms with Gasteiger partial charge < -0.3 is 9.62 Å². The van der Waals surface area contributed by atoms with E-state index in [9.17, 15) is 4.79 Å². The molecule has 0 amide bonds. The molecule has 0 saturated carbocycles. The lowest BCUT2D eigenvalue weighted by Crippen LogP contribution is -2.44. The van der Waals surface area contributed by atoms with Crippen molar-refractivity contribution in [1.29, 1.82) is 0 Å². The Labute approximate surface area is 173 Å². The summed E-state index contributed by atoms with van der Waals surface area (Å²) in [5, 5.41) is 4.63. The normalized spacial score (nSPS) is 17.4. The van der Waals surface area contributed by atoms with Crippen LogP contribution in [0.3, 0.4) is 0 Å². The number of ether oxygens (including phenoxy) is 1. The summed E-state index contributed by atoms with van der Waals surface area (Å²) in [6, 6.07) is 15.2. The summed E-state index contributed by atoms with van der Waals surface area (Å²) in [7, 11) is 0. The molecule has 1 unspecified atom stereocenters. The fourth-order valence-electron chi connectivity index (χ4n) is 3.74. The molecule has 0 spiro atoms. The van der Waals surface area contributed by atoms with Crippen molar-refractivity contribution in [3.8, 4) is 28.4 Å². The van der Waals surface area contributed by atoms with Crippen molar-refractivity contribution in [1.82, 2.24) is 19.7 Å². The average Bonchev–Trinajstić information content (AvgIpc) is 3.28. The Morgan fingerprint density at radius 3 is 2.63 bits per heavy atom. The van der Waals surface area contributed by atoms with Gasteiger partial charge in [0, 0.05) is 29.8 Å². The lowest BCUT2D eigenvalue weighted by molar-refractivity contribution is -0.194. The highest BCUT2D eigenvalue weighted by molar-refractivity contribution is 5.65. The number of morpholine rings is 1. The predicted molar refractivity (Wildman–Crippen MR) is 110 cm³/mol. The molecule has 3 aromatic rings. The molecule has 0 bridgehead atoms. The van der Waals surface area contributed by atoms with E-state index < -0.39 is 0 Å². The summed E-state index contributed by atoms with van der Waals surface area (Å²) in [4.78, 5) is 30.5. The smallest absolute Gasteiger partial charge is 0.294 e. The van der Waals surface area contributed by atoms with Gasteiger partial charge in [-0.25, -0.2) is 9.67 Å². The van der Waals surface area contributed by atoms with Crippen LogP contribution in [0.5, 0.6) is 5.75 Å². The Kier molecular flexibility index (Phi) is 5.04. The molecule has 1 fully saturated rings. The highest BCUT2D eigenvalue weighted by Crippen LogP contribution is 2.30. The van der Waals surface area contributed by atoms with Crippen LogP contribution in [0.25, 0.3) is 22.6 Å². The molecule has 8 heteroatoms. The van der Waals surface area contributed by atoms with Crippen molar-refractivity contribution in [3.05, 3.63) is 64.4 Å². The van der Waals surface area contributed by atoms with Gasteiger partial charge in [-0.15, -0.1) is 5.10 Å². The molecular formula is C22H22N4O4. The van der Waals surface area contributed by atoms with Gasteiger partial charge in [0.05, 0.1) is 13.2 Å². The standard InChI is InChI=1S/C22H22N4O4/c1-15(25-9-11-28-12-10-25)26-22(27)20(17-7-8-18-14-29-30-19(18)13-17)23-21(24-26)16-5-3-2-4-6-16/h2-8,13,15H,9-12,14H2,1H3. The first-order chi connectivity index (χ1) is 14.7. The van der Waals surface area contributed by atoms with Crippen molar-refractivity contribution in [3.63, 3.8) is 0 Å². The zero-order chi connectivity index (χ0) is 20.5. The number of benzene rings is 2. The van der Waals surface area contributed by atoms with E-state index in [1.807, 2.05) is 49.4 Å².